The molecule has 1 saturated carbocycles. The molecule has 11 fully saturated rings. The summed E-state index contributed by atoms with van der Waals surface area (Å²) in [4.78, 5) is 31.5. The highest BCUT2D eigenvalue weighted by atomic mass is 16.5. The number of rotatable bonds is 22. The lowest BCUT2D eigenvalue weighted by Crippen LogP contribution is -2.56. The van der Waals surface area contributed by atoms with Gasteiger partial charge >= 0.3 is 0 Å². The summed E-state index contributed by atoms with van der Waals surface area (Å²) in [5.74, 6) is 8.14. The van der Waals surface area contributed by atoms with Gasteiger partial charge in [0, 0.05) is 184 Å². The first kappa shape index (κ1) is 146. The second-order valence-corrected chi connectivity index (χ2v) is 64.3. The molecule has 10 saturated heterocycles. The van der Waals surface area contributed by atoms with Crippen LogP contribution < -0.4 is 16.0 Å². The van der Waals surface area contributed by atoms with E-state index < -0.39 is 0 Å². The van der Waals surface area contributed by atoms with E-state index in [2.05, 4.69) is 407 Å². The van der Waals surface area contributed by atoms with Gasteiger partial charge in [-0.3, -0.25) is 39.2 Å². The lowest BCUT2D eigenvalue weighted by Gasteiger charge is -2.43. The standard InChI is InChI=1S/3C16H33N.C15H30N2O.C15H32N2.C15H31NO.C14H29N3.C13H28N4.3C4H10/c1-15(2,3)10-7-11-17-12-8-14(9-13-17)16(4,5)6;2*1-15(2,3)11-7-8-14-9-12-17(13-10-14)16(4,5)6;1-15(2,3)18-14-6-4-13(5-7-14)12-17-10-8-16-9-11-17;1-14(2,3)8-7-9-16-10-12-17(13-11-16)15(4,5)6;1-14(2,3)16-10-7-13(8-11-16)9-12-17-15(4,5)6;1-14(2,3)17-8-4-13(5-9-17)12-16-10-6-15-7-11-16;1-13(2,3)17-10-8-16(9-11-17)12-15-6-4-14-5-7-15;3*1-4(2)3/h3*14H,7-13H2,1-6H3;13-14,16H,4-12H2,1-3H3;7-13H2,1-6H3;13H,7-12H2,1-6H3;13,15H,4-12H2,1-3H3;14H,4-12H2,1-3H3;3*4H,1-3H3. The predicted octanol–water partition coefficient (Wildman–Crippen LogP) is 29.8. The highest BCUT2D eigenvalue weighted by Gasteiger charge is 2.37. The Morgan fingerprint density at radius 3 is 0.725 bits per heavy atom. The molecule has 0 spiro atoms. The monoisotopic (exact) mass is 2110 g/mol. The molecule has 0 atom stereocenters. The molecule has 10 heterocycles. The molecule has 0 amide bonds. The fourth-order valence-corrected chi connectivity index (χ4v) is 22.3. The van der Waals surface area contributed by atoms with Crippen molar-refractivity contribution in [2.45, 2.75) is 543 Å². The molecule has 17 nitrogen and oxygen atoms in total. The van der Waals surface area contributed by atoms with Gasteiger partial charge < -0.3 is 45.0 Å². The number of ether oxygens (including phenoxy) is 2. The van der Waals surface area contributed by atoms with Crippen LogP contribution in [0.25, 0.3) is 0 Å². The molecule has 0 aromatic carbocycles. The van der Waals surface area contributed by atoms with E-state index in [9.17, 15) is 0 Å². The first-order valence-electron chi connectivity index (χ1n) is 63.5. The van der Waals surface area contributed by atoms with Crippen molar-refractivity contribution in [3.8, 4) is 0 Å². The zero-order chi connectivity index (χ0) is 114. The smallest absolute Gasteiger partial charge is 0.0602 e. The van der Waals surface area contributed by atoms with Crippen molar-refractivity contribution in [1.82, 2.24) is 74.7 Å². The minimum atomic E-state index is 0.0200. The van der Waals surface area contributed by atoms with Crippen LogP contribution in [0.15, 0.2) is 0 Å². The number of piperidine rings is 5. The highest BCUT2D eigenvalue weighted by Crippen LogP contribution is 2.38. The van der Waals surface area contributed by atoms with Crippen molar-refractivity contribution < 1.29 is 9.47 Å². The summed E-state index contributed by atoms with van der Waals surface area (Å²) in [6.07, 6.45) is 34.8. The topological polar surface area (TPSA) is 93.4 Å². The van der Waals surface area contributed by atoms with Crippen LogP contribution in [0, 0.1) is 80.3 Å². The minimum Gasteiger partial charge on any atom is -0.376 e. The molecule has 0 bridgehead atoms. The molecular weight excluding hydrogens is 1830 g/mol. The third-order valence-corrected chi connectivity index (χ3v) is 32.0. The van der Waals surface area contributed by atoms with E-state index >= 15 is 0 Å². The molecule has 0 radical (unpaired) electrons. The summed E-state index contributed by atoms with van der Waals surface area (Å²) in [6, 6.07) is 0. The van der Waals surface area contributed by atoms with E-state index in [1.54, 1.807) is 0 Å². The second kappa shape index (κ2) is 72.0. The molecule has 11 aliphatic rings. The maximum atomic E-state index is 6.09. The average molecular weight is 2110 g/mol. The molecule has 17 heteroatoms. The van der Waals surface area contributed by atoms with E-state index in [1.807, 2.05) is 0 Å². The van der Waals surface area contributed by atoms with Gasteiger partial charge in [0.05, 0.1) is 24.0 Å². The van der Waals surface area contributed by atoms with Crippen molar-refractivity contribution in [3.63, 3.8) is 0 Å². The molecular formula is C132H279N15O2. The first-order chi connectivity index (χ1) is 68.3. The zero-order valence-corrected chi connectivity index (χ0v) is 111. The van der Waals surface area contributed by atoms with Crippen LogP contribution in [-0.4, -0.2) is 345 Å². The Morgan fingerprint density at radius 2 is 0.463 bits per heavy atom. The summed E-state index contributed by atoms with van der Waals surface area (Å²) < 4.78 is 11.9. The predicted molar refractivity (Wildman–Crippen MR) is 666 cm³/mol. The maximum absolute atomic E-state index is 6.09. The Hall–Kier alpha value is -0.680. The summed E-state index contributed by atoms with van der Waals surface area (Å²) >= 11 is 0. The van der Waals surface area contributed by atoms with Crippen LogP contribution >= 0.6 is 0 Å². The molecule has 0 unspecified atom stereocenters. The number of nitrogens with one attached hydrogen (secondary N) is 3. The van der Waals surface area contributed by atoms with Crippen LogP contribution in [0.3, 0.4) is 0 Å². The van der Waals surface area contributed by atoms with Crippen molar-refractivity contribution in [2.24, 2.45) is 80.3 Å². The Labute approximate surface area is 938 Å². The van der Waals surface area contributed by atoms with Gasteiger partial charge in [-0.25, -0.2) is 0 Å². The van der Waals surface area contributed by atoms with Gasteiger partial charge in [-0.15, -0.1) is 0 Å². The van der Waals surface area contributed by atoms with Crippen molar-refractivity contribution in [2.75, 3.05) is 236 Å². The van der Waals surface area contributed by atoms with Crippen LogP contribution in [-0.2, 0) is 9.47 Å². The van der Waals surface area contributed by atoms with Crippen molar-refractivity contribution >= 4 is 0 Å². The second-order valence-electron chi connectivity index (χ2n) is 64.3. The summed E-state index contributed by atoms with van der Waals surface area (Å²) in [5.41, 5.74) is 4.72. The molecule has 0 aromatic heterocycles. The molecule has 3 N–H and O–H groups in total. The number of likely N-dealkylation sites (tertiary alicyclic amines) is 5. The van der Waals surface area contributed by atoms with Gasteiger partial charge in [0.25, 0.3) is 0 Å². The SMILES string of the molecule is CC(C)(C)CCCC1CCN(C(C)(C)C)CC1.CC(C)(C)CCCC1CCN(C(C)(C)C)CC1.CC(C)(C)CCCN1CCC(C(C)(C)C)CC1.CC(C)(C)CCCN1CCN(C(C)(C)C)CC1.CC(C)(C)N1CCC(CN2CCNCC2)CC1.CC(C)(C)N1CCN(CN2CCNCC2)CC1.CC(C)(C)OC1CCC(CN2CCNCC2)CC1.CC(C)(C)OCCC1CCN(C(C)(C)C)CC1.CC(C)C.CC(C)C.CC(C)C. The number of piperazine rings is 5. The van der Waals surface area contributed by atoms with Crippen LogP contribution in [0.1, 0.15) is 493 Å². The van der Waals surface area contributed by atoms with Gasteiger partial charge in [-0.2, -0.15) is 0 Å². The Morgan fingerprint density at radius 1 is 0.228 bits per heavy atom. The van der Waals surface area contributed by atoms with Crippen molar-refractivity contribution in [3.05, 3.63) is 0 Å². The summed E-state index contributed by atoms with van der Waals surface area (Å²) in [5, 5.41) is 10.3. The fraction of sp³-hybridized carbons (Fsp3) is 1.00. The largest absolute Gasteiger partial charge is 0.376 e. The lowest BCUT2D eigenvalue weighted by atomic mass is 9.75. The van der Waals surface area contributed by atoms with E-state index in [0.29, 0.717) is 66.4 Å². The van der Waals surface area contributed by atoms with E-state index in [-0.39, 0.29) is 11.2 Å². The van der Waals surface area contributed by atoms with E-state index in [4.69, 9.17) is 9.47 Å². The molecule has 1 aliphatic carbocycles. The Bertz CT molecular complexity index is 2740. The van der Waals surface area contributed by atoms with Crippen LogP contribution in [0.4, 0.5) is 0 Å². The van der Waals surface area contributed by atoms with Gasteiger partial charge in [-0.1, -0.05) is 192 Å². The number of hydrogen-bond acceptors (Lipinski definition) is 17. The third kappa shape index (κ3) is 79.9. The zero-order valence-electron chi connectivity index (χ0n) is 111. The average Bonchev–Trinajstić information content (AvgIpc) is 0.926. The van der Waals surface area contributed by atoms with Crippen molar-refractivity contribution in [1.29, 1.82) is 0 Å². The van der Waals surface area contributed by atoms with Gasteiger partial charge in [0.1, 0.15) is 0 Å². The minimum absolute atomic E-state index is 0.0200. The van der Waals surface area contributed by atoms with Gasteiger partial charge in [0.2, 0.25) is 0 Å². The first-order valence-corrected chi connectivity index (χ1v) is 63.5. The quantitative estimate of drug-likeness (QED) is 0.0959. The third-order valence-electron chi connectivity index (χ3n) is 32.0. The fourth-order valence-electron chi connectivity index (χ4n) is 22.3. The molecule has 149 heavy (non-hydrogen) atoms. The summed E-state index contributed by atoms with van der Waals surface area (Å²) in [6.45, 7) is 154. The number of hydrogen-bond donors (Lipinski definition) is 3. The summed E-state index contributed by atoms with van der Waals surface area (Å²) in [7, 11) is 0. The van der Waals surface area contributed by atoms with Crippen LogP contribution in [0.5, 0.6) is 0 Å². The van der Waals surface area contributed by atoms with Gasteiger partial charge in [0.15, 0.2) is 0 Å². The molecule has 10 aliphatic heterocycles. The number of nitrogens with zero attached hydrogens (tertiary/aromatic N) is 12. The maximum Gasteiger partial charge on any atom is 0.0602 e. The van der Waals surface area contributed by atoms with Gasteiger partial charge in [-0.05, 0) is 460 Å². The Balaban J connectivity index is 0.000000837. The van der Waals surface area contributed by atoms with Crippen LogP contribution in [0.2, 0.25) is 0 Å². The normalized spacial score (nSPS) is 22.4. The molecule has 11 rings (SSSR count). The molecule has 894 valence electrons. The van der Waals surface area contributed by atoms with E-state index in [1.165, 1.54) is 377 Å². The Kier molecular flexibility index (Phi) is 70.7. The highest BCUT2D eigenvalue weighted by molar-refractivity contribution is 4.91. The van der Waals surface area contributed by atoms with E-state index in [0.717, 1.165) is 73.0 Å². The lowest BCUT2D eigenvalue weighted by molar-refractivity contribution is -0.0795. The molecule has 0 aromatic rings.